The number of pyridine rings is 1. The third kappa shape index (κ3) is 6.10. The monoisotopic (exact) mass is 607 g/mol. The summed E-state index contributed by atoms with van der Waals surface area (Å²) in [5.41, 5.74) is 1.71. The van der Waals surface area contributed by atoms with Crippen LogP contribution in [0.1, 0.15) is 55.5 Å². The second-order valence-corrected chi connectivity index (χ2v) is 11.8. The molecule has 0 aliphatic carbocycles. The Labute approximate surface area is 262 Å². The maximum atomic E-state index is 15.9. The van der Waals surface area contributed by atoms with Crippen molar-refractivity contribution in [2.45, 2.75) is 46.0 Å². The average molecular weight is 608 g/mol. The van der Waals surface area contributed by atoms with Crippen molar-refractivity contribution in [3.05, 3.63) is 100 Å². The van der Waals surface area contributed by atoms with Gasteiger partial charge in [0.15, 0.2) is 17.3 Å². The van der Waals surface area contributed by atoms with E-state index in [4.69, 9.17) is 9.47 Å². The van der Waals surface area contributed by atoms with Crippen LogP contribution in [0.5, 0.6) is 17.2 Å². The Morgan fingerprint density at radius 1 is 1.02 bits per heavy atom. The fourth-order valence-electron chi connectivity index (χ4n) is 6.01. The molecule has 5 aromatic rings. The van der Waals surface area contributed by atoms with Crippen LogP contribution < -0.4 is 25.5 Å². The number of aromatic nitrogens is 1. The lowest BCUT2D eigenvalue weighted by molar-refractivity contribution is 0.0950. The lowest BCUT2D eigenvalue weighted by atomic mass is 10.0. The molecule has 1 unspecified atom stereocenters. The van der Waals surface area contributed by atoms with Crippen molar-refractivity contribution in [2.24, 2.45) is 5.92 Å². The molecule has 0 radical (unpaired) electrons. The number of halogens is 1. The standard InChI is InChI=1S/C37H38FN3O4/c1-4-5-9-23(2)14-16-40-37(43)29-22-41-31-19-25-11-6-7-12-26(25)20-32(31)45-36-33(30(38)21-28(34(36)41)35(29)42)39-17-15-24-10-8-13-27(18-24)44-3/h6-8,10-13,18-23,39H,4-5,9,14-17H2,1-3H3,(H,40,43). The number of ether oxygens (including phenoxy) is 2. The molecule has 1 atom stereocenters. The van der Waals surface area contributed by atoms with E-state index in [1.165, 1.54) is 6.07 Å². The zero-order valence-corrected chi connectivity index (χ0v) is 25.9. The van der Waals surface area contributed by atoms with Crippen molar-refractivity contribution in [1.82, 2.24) is 9.88 Å². The number of rotatable bonds is 12. The third-order valence-electron chi connectivity index (χ3n) is 8.56. The van der Waals surface area contributed by atoms with Crippen molar-refractivity contribution >= 4 is 33.3 Å². The average Bonchev–Trinajstić information content (AvgIpc) is 3.05. The number of fused-ring (bicyclic) bond motifs is 3. The molecule has 1 aliphatic heterocycles. The van der Waals surface area contributed by atoms with Crippen molar-refractivity contribution in [1.29, 1.82) is 0 Å². The molecule has 1 amide bonds. The predicted molar refractivity (Wildman–Crippen MR) is 178 cm³/mol. The quantitative estimate of drug-likeness (QED) is 0.147. The molecule has 0 saturated carbocycles. The summed E-state index contributed by atoms with van der Waals surface area (Å²) in [5, 5.41) is 8.16. The molecule has 8 heteroatoms. The second kappa shape index (κ2) is 13.0. The van der Waals surface area contributed by atoms with Gasteiger partial charge in [-0.05, 0) is 65.4 Å². The lowest BCUT2D eigenvalue weighted by Crippen LogP contribution is -2.31. The molecule has 7 nitrogen and oxygen atoms in total. The summed E-state index contributed by atoms with van der Waals surface area (Å²) >= 11 is 0. The molecule has 0 spiro atoms. The first-order valence-corrected chi connectivity index (χ1v) is 15.7. The molecule has 0 fully saturated rings. The Bertz CT molecular complexity index is 1950. The van der Waals surface area contributed by atoms with E-state index >= 15 is 4.39 Å². The van der Waals surface area contributed by atoms with E-state index in [-0.39, 0.29) is 22.4 Å². The topological polar surface area (TPSA) is 81.6 Å². The van der Waals surface area contributed by atoms with E-state index in [0.717, 1.165) is 47.8 Å². The van der Waals surface area contributed by atoms with Crippen LogP contribution in [0.15, 0.2) is 77.7 Å². The van der Waals surface area contributed by atoms with E-state index in [2.05, 4.69) is 24.5 Å². The fourth-order valence-corrected chi connectivity index (χ4v) is 6.01. The maximum Gasteiger partial charge on any atom is 0.256 e. The minimum Gasteiger partial charge on any atom is -0.497 e. The number of carbonyl (C=O) groups is 1. The number of carbonyl (C=O) groups excluding carboxylic acids is 1. The smallest absolute Gasteiger partial charge is 0.256 e. The maximum absolute atomic E-state index is 15.9. The van der Waals surface area contributed by atoms with Crippen molar-refractivity contribution in [3.63, 3.8) is 0 Å². The number of unbranched alkanes of at least 4 members (excludes halogenated alkanes) is 1. The Hall–Kier alpha value is -4.85. The summed E-state index contributed by atoms with van der Waals surface area (Å²) in [6.45, 7) is 5.21. The Morgan fingerprint density at radius 3 is 2.60 bits per heavy atom. The van der Waals surface area contributed by atoms with Crippen LogP contribution >= 0.6 is 0 Å². The van der Waals surface area contributed by atoms with Crippen LogP contribution in [0.4, 0.5) is 10.1 Å². The molecule has 4 aromatic carbocycles. The van der Waals surface area contributed by atoms with Crippen molar-refractivity contribution < 1.29 is 18.7 Å². The zero-order chi connectivity index (χ0) is 31.5. The summed E-state index contributed by atoms with van der Waals surface area (Å²) in [5.74, 6) is 0.841. The Balaban J connectivity index is 1.40. The lowest BCUT2D eigenvalue weighted by Gasteiger charge is -2.26. The normalized spacial score (nSPS) is 12.4. The van der Waals surface area contributed by atoms with E-state index < -0.39 is 17.2 Å². The number of benzene rings is 4. The molecule has 2 heterocycles. The highest BCUT2D eigenvalue weighted by atomic mass is 19.1. The molecule has 0 bridgehead atoms. The fraction of sp³-hybridized carbons (Fsp3) is 0.297. The van der Waals surface area contributed by atoms with Crippen LogP contribution in [0.3, 0.4) is 0 Å². The second-order valence-electron chi connectivity index (χ2n) is 11.8. The van der Waals surface area contributed by atoms with Crippen LogP contribution in [0.2, 0.25) is 0 Å². The molecule has 45 heavy (non-hydrogen) atoms. The van der Waals surface area contributed by atoms with Gasteiger partial charge in [0.2, 0.25) is 5.43 Å². The first-order valence-electron chi connectivity index (χ1n) is 15.7. The molecule has 1 aromatic heterocycles. The highest BCUT2D eigenvalue weighted by Crippen LogP contribution is 2.46. The van der Waals surface area contributed by atoms with Gasteiger partial charge >= 0.3 is 0 Å². The van der Waals surface area contributed by atoms with E-state index in [0.29, 0.717) is 42.4 Å². The summed E-state index contributed by atoms with van der Waals surface area (Å²) in [6, 6.07) is 20.7. The molecule has 1 aliphatic rings. The van der Waals surface area contributed by atoms with Crippen molar-refractivity contribution in [3.8, 4) is 22.9 Å². The van der Waals surface area contributed by atoms with Gasteiger partial charge in [-0.3, -0.25) is 9.59 Å². The third-order valence-corrected chi connectivity index (χ3v) is 8.56. The van der Waals surface area contributed by atoms with Crippen LogP contribution in [-0.2, 0) is 6.42 Å². The van der Waals surface area contributed by atoms with Gasteiger partial charge in [0, 0.05) is 19.3 Å². The minimum absolute atomic E-state index is 0.0335. The van der Waals surface area contributed by atoms with Crippen LogP contribution in [-0.4, -0.2) is 30.7 Å². The highest BCUT2D eigenvalue weighted by molar-refractivity contribution is 6.02. The first kappa shape index (κ1) is 30.2. The Kier molecular flexibility index (Phi) is 8.74. The predicted octanol–water partition coefficient (Wildman–Crippen LogP) is 8.00. The van der Waals surface area contributed by atoms with Crippen LogP contribution in [0, 0.1) is 11.7 Å². The molecule has 2 N–H and O–H groups in total. The summed E-state index contributed by atoms with van der Waals surface area (Å²) in [7, 11) is 1.62. The van der Waals surface area contributed by atoms with Gasteiger partial charge in [-0.15, -0.1) is 0 Å². The number of anilines is 1. The molecule has 0 saturated heterocycles. The molecular formula is C37H38FN3O4. The van der Waals surface area contributed by atoms with Gasteiger partial charge in [0.1, 0.15) is 22.5 Å². The summed E-state index contributed by atoms with van der Waals surface area (Å²) in [6.07, 6.45) is 6.37. The molecular weight excluding hydrogens is 569 g/mol. The summed E-state index contributed by atoms with van der Waals surface area (Å²) in [4.78, 5) is 27.2. The van der Waals surface area contributed by atoms with Gasteiger partial charge in [-0.2, -0.15) is 0 Å². The van der Waals surface area contributed by atoms with Crippen LogP contribution in [0.25, 0.3) is 27.4 Å². The SMILES string of the molecule is CCCCC(C)CCNC(=O)c1cn2c3c(c(NCCc4cccc(OC)c4)c(F)cc3c1=O)Oc1cc3ccccc3cc1-2. The van der Waals surface area contributed by atoms with Gasteiger partial charge in [0.05, 0.1) is 18.2 Å². The number of hydrogen-bond acceptors (Lipinski definition) is 5. The van der Waals surface area contributed by atoms with Gasteiger partial charge in [-0.25, -0.2) is 4.39 Å². The number of nitrogens with zero attached hydrogens (tertiary/aromatic N) is 1. The highest BCUT2D eigenvalue weighted by Gasteiger charge is 2.29. The molecule has 232 valence electrons. The number of amides is 1. The van der Waals surface area contributed by atoms with Gasteiger partial charge in [-0.1, -0.05) is 69.5 Å². The van der Waals surface area contributed by atoms with Gasteiger partial charge in [0.25, 0.3) is 5.91 Å². The Morgan fingerprint density at radius 2 is 1.82 bits per heavy atom. The first-order chi connectivity index (χ1) is 21.9. The van der Waals surface area contributed by atoms with Gasteiger partial charge < -0.3 is 24.7 Å². The van der Waals surface area contributed by atoms with E-state index in [1.807, 2.05) is 60.7 Å². The minimum atomic E-state index is -0.627. The summed E-state index contributed by atoms with van der Waals surface area (Å²) < 4.78 is 29.4. The number of methoxy groups -OCH3 is 1. The zero-order valence-electron chi connectivity index (χ0n) is 25.9. The van der Waals surface area contributed by atoms with E-state index in [9.17, 15) is 9.59 Å². The number of nitrogens with one attached hydrogen (secondary N) is 2. The van der Waals surface area contributed by atoms with Crippen molar-refractivity contribution in [2.75, 3.05) is 25.5 Å². The van der Waals surface area contributed by atoms with E-state index in [1.54, 1.807) is 17.9 Å². The molecule has 6 rings (SSSR count). The number of hydrogen-bond donors (Lipinski definition) is 2. The largest absolute Gasteiger partial charge is 0.497 e.